The summed E-state index contributed by atoms with van der Waals surface area (Å²) in [6.07, 6.45) is 1.48. The van der Waals surface area contributed by atoms with E-state index in [0.29, 0.717) is 28.2 Å². The van der Waals surface area contributed by atoms with Gasteiger partial charge in [-0.1, -0.05) is 0 Å². The highest BCUT2D eigenvalue weighted by Crippen LogP contribution is 2.18. The van der Waals surface area contributed by atoms with Gasteiger partial charge in [0.2, 0.25) is 5.89 Å². The molecule has 0 unspecified atom stereocenters. The van der Waals surface area contributed by atoms with E-state index < -0.39 is 11.2 Å². The highest BCUT2D eigenvalue weighted by molar-refractivity contribution is 5.76. The molecule has 0 saturated carbocycles. The van der Waals surface area contributed by atoms with E-state index in [1.165, 1.54) is 10.8 Å². The van der Waals surface area contributed by atoms with E-state index in [9.17, 15) is 9.59 Å². The number of rotatable bonds is 2. The van der Waals surface area contributed by atoms with Crippen molar-refractivity contribution in [2.75, 3.05) is 5.73 Å². The predicted octanol–water partition coefficient (Wildman–Crippen LogP) is 0.617. The second-order valence-corrected chi connectivity index (χ2v) is 4.53. The van der Waals surface area contributed by atoms with Crippen LogP contribution in [-0.4, -0.2) is 14.5 Å². The summed E-state index contributed by atoms with van der Waals surface area (Å²) in [4.78, 5) is 29.5. The second-order valence-electron chi connectivity index (χ2n) is 4.53. The molecule has 0 aliphatic carbocycles. The van der Waals surface area contributed by atoms with Gasteiger partial charge in [0.15, 0.2) is 5.58 Å². The van der Waals surface area contributed by atoms with Gasteiger partial charge >= 0.3 is 5.69 Å². The van der Waals surface area contributed by atoms with Gasteiger partial charge in [-0.3, -0.25) is 14.3 Å². The maximum absolute atomic E-state index is 11.7. The average Bonchev–Trinajstić information content (AvgIpc) is 2.77. The van der Waals surface area contributed by atoms with Gasteiger partial charge in [-0.25, -0.2) is 9.78 Å². The number of aromatic nitrogens is 3. The number of fused-ring (bicyclic) bond motifs is 1. The predicted molar refractivity (Wildman–Crippen MR) is 73.6 cm³/mol. The second kappa shape index (κ2) is 4.37. The summed E-state index contributed by atoms with van der Waals surface area (Å²) in [5.41, 5.74) is 7.04. The monoisotopic (exact) mass is 272 g/mol. The number of aromatic amines is 1. The SMILES string of the molecule is Cc1cn(Cc2nc3ccc(N)cc3o2)c(=O)[nH]c1=O. The smallest absolute Gasteiger partial charge is 0.328 e. The van der Waals surface area contributed by atoms with Crippen LogP contribution in [0, 0.1) is 6.92 Å². The van der Waals surface area contributed by atoms with Gasteiger partial charge in [-0.15, -0.1) is 0 Å². The third-order valence-electron chi connectivity index (χ3n) is 2.95. The van der Waals surface area contributed by atoms with Crippen molar-refractivity contribution in [3.05, 3.63) is 56.7 Å². The number of aryl methyl sites for hydroxylation is 1. The van der Waals surface area contributed by atoms with Crippen LogP contribution in [0.1, 0.15) is 11.5 Å². The molecular weight excluding hydrogens is 260 g/mol. The summed E-state index contributed by atoms with van der Waals surface area (Å²) in [5, 5.41) is 0. The summed E-state index contributed by atoms with van der Waals surface area (Å²) >= 11 is 0. The molecule has 3 N–H and O–H groups in total. The van der Waals surface area contributed by atoms with E-state index in [4.69, 9.17) is 10.2 Å². The Bertz CT molecular complexity index is 904. The fraction of sp³-hybridized carbons (Fsp3) is 0.154. The van der Waals surface area contributed by atoms with Crippen molar-refractivity contribution in [2.24, 2.45) is 0 Å². The maximum Gasteiger partial charge on any atom is 0.328 e. The fourth-order valence-corrected chi connectivity index (χ4v) is 1.94. The standard InChI is InChI=1S/C13H12N4O3/c1-7-5-17(13(19)16-12(7)18)6-11-15-9-3-2-8(14)4-10(9)20-11/h2-5H,6,14H2,1H3,(H,16,18,19). The first kappa shape index (κ1) is 12.2. The molecule has 3 rings (SSSR count). The first-order valence-electron chi connectivity index (χ1n) is 5.98. The van der Waals surface area contributed by atoms with Crippen molar-refractivity contribution < 1.29 is 4.42 Å². The normalized spacial score (nSPS) is 11.1. The number of nitrogens with zero attached hydrogens (tertiary/aromatic N) is 2. The summed E-state index contributed by atoms with van der Waals surface area (Å²) in [6, 6.07) is 5.15. The zero-order chi connectivity index (χ0) is 14.3. The molecule has 7 nitrogen and oxygen atoms in total. The van der Waals surface area contributed by atoms with Crippen LogP contribution in [0.25, 0.3) is 11.1 Å². The van der Waals surface area contributed by atoms with Crippen molar-refractivity contribution in [1.82, 2.24) is 14.5 Å². The quantitative estimate of drug-likeness (QED) is 0.665. The number of H-pyrrole nitrogens is 1. The fourth-order valence-electron chi connectivity index (χ4n) is 1.94. The Morgan fingerprint density at radius 3 is 3.00 bits per heavy atom. The molecule has 2 aromatic heterocycles. The van der Waals surface area contributed by atoms with Gasteiger partial charge in [-0.05, 0) is 19.1 Å². The molecule has 0 aliphatic heterocycles. The maximum atomic E-state index is 11.7. The Hall–Kier alpha value is -2.83. The van der Waals surface area contributed by atoms with Gasteiger partial charge in [0.05, 0.1) is 0 Å². The molecule has 0 saturated heterocycles. The van der Waals surface area contributed by atoms with Crippen LogP contribution in [0.15, 0.2) is 38.4 Å². The number of anilines is 1. The zero-order valence-electron chi connectivity index (χ0n) is 10.7. The number of benzene rings is 1. The van der Waals surface area contributed by atoms with Crippen molar-refractivity contribution in [1.29, 1.82) is 0 Å². The number of nitrogen functional groups attached to an aromatic ring is 1. The summed E-state index contributed by atoms with van der Waals surface area (Å²) in [5.74, 6) is 0.374. The van der Waals surface area contributed by atoms with Crippen LogP contribution in [0.3, 0.4) is 0 Å². The molecule has 0 amide bonds. The Morgan fingerprint density at radius 1 is 1.40 bits per heavy atom. The number of nitrogens with two attached hydrogens (primary N) is 1. The van der Waals surface area contributed by atoms with Crippen LogP contribution in [-0.2, 0) is 6.54 Å². The summed E-state index contributed by atoms with van der Waals surface area (Å²) in [7, 11) is 0. The Kier molecular flexibility index (Phi) is 2.67. The molecule has 0 radical (unpaired) electrons. The molecule has 0 fully saturated rings. The van der Waals surface area contributed by atoms with Crippen molar-refractivity contribution in [3.63, 3.8) is 0 Å². The van der Waals surface area contributed by atoms with Crippen LogP contribution >= 0.6 is 0 Å². The number of hydrogen-bond acceptors (Lipinski definition) is 5. The van der Waals surface area contributed by atoms with Gasteiger partial charge in [0.1, 0.15) is 12.1 Å². The molecule has 0 bridgehead atoms. The molecule has 0 aliphatic rings. The highest BCUT2D eigenvalue weighted by Gasteiger charge is 2.08. The lowest BCUT2D eigenvalue weighted by Crippen LogP contribution is -2.31. The van der Waals surface area contributed by atoms with Crippen LogP contribution in [0.4, 0.5) is 5.69 Å². The lowest BCUT2D eigenvalue weighted by Gasteiger charge is -2.02. The molecule has 7 heteroatoms. The van der Waals surface area contributed by atoms with E-state index in [2.05, 4.69) is 9.97 Å². The summed E-state index contributed by atoms with van der Waals surface area (Å²) < 4.78 is 6.87. The minimum absolute atomic E-state index is 0.144. The minimum Gasteiger partial charge on any atom is -0.439 e. The molecule has 0 spiro atoms. The number of nitrogens with one attached hydrogen (secondary N) is 1. The Labute approximate surface area is 112 Å². The molecule has 3 aromatic rings. The van der Waals surface area contributed by atoms with Crippen LogP contribution in [0.5, 0.6) is 0 Å². The summed E-state index contributed by atoms with van der Waals surface area (Å²) in [6.45, 7) is 1.77. The zero-order valence-corrected chi connectivity index (χ0v) is 10.7. The van der Waals surface area contributed by atoms with E-state index in [1.807, 2.05) is 0 Å². The third kappa shape index (κ3) is 2.09. The van der Waals surface area contributed by atoms with Crippen LogP contribution < -0.4 is 17.0 Å². The molecule has 2 heterocycles. The molecule has 0 atom stereocenters. The highest BCUT2D eigenvalue weighted by atomic mass is 16.3. The van der Waals surface area contributed by atoms with E-state index >= 15 is 0 Å². The lowest BCUT2D eigenvalue weighted by molar-refractivity contribution is 0.500. The average molecular weight is 272 g/mol. The first-order valence-corrected chi connectivity index (χ1v) is 5.98. The Balaban J connectivity index is 2.03. The molecule has 20 heavy (non-hydrogen) atoms. The van der Waals surface area contributed by atoms with Gasteiger partial charge in [0, 0.05) is 23.5 Å². The van der Waals surface area contributed by atoms with Crippen LogP contribution in [0.2, 0.25) is 0 Å². The van der Waals surface area contributed by atoms with Gasteiger partial charge in [0.25, 0.3) is 5.56 Å². The van der Waals surface area contributed by atoms with Gasteiger partial charge in [-0.2, -0.15) is 0 Å². The lowest BCUT2D eigenvalue weighted by atomic mass is 10.3. The molecule has 102 valence electrons. The topological polar surface area (TPSA) is 107 Å². The minimum atomic E-state index is -0.498. The van der Waals surface area contributed by atoms with Crippen molar-refractivity contribution in [2.45, 2.75) is 13.5 Å². The molecular formula is C13H12N4O3. The number of hydrogen-bond donors (Lipinski definition) is 2. The van der Waals surface area contributed by atoms with E-state index in [1.54, 1.807) is 25.1 Å². The first-order chi connectivity index (χ1) is 9.52. The number of oxazole rings is 1. The van der Waals surface area contributed by atoms with Crippen molar-refractivity contribution >= 4 is 16.8 Å². The van der Waals surface area contributed by atoms with E-state index in [0.717, 1.165) is 0 Å². The van der Waals surface area contributed by atoms with Crippen molar-refractivity contribution in [3.8, 4) is 0 Å². The largest absolute Gasteiger partial charge is 0.439 e. The third-order valence-corrected chi connectivity index (χ3v) is 2.95. The molecule has 1 aromatic carbocycles. The Morgan fingerprint density at radius 2 is 2.20 bits per heavy atom. The van der Waals surface area contributed by atoms with Gasteiger partial charge < -0.3 is 10.2 Å². The van der Waals surface area contributed by atoms with E-state index in [-0.39, 0.29) is 6.54 Å².